The van der Waals surface area contributed by atoms with Crippen LogP contribution in [0.15, 0.2) is 35.3 Å². The molecule has 0 unspecified atom stereocenters. The molecule has 0 aliphatic carbocycles. The third kappa shape index (κ3) is 4.82. The van der Waals surface area contributed by atoms with E-state index in [0.717, 1.165) is 18.9 Å². The maximum Gasteiger partial charge on any atom is 0.417 e. The van der Waals surface area contributed by atoms with Gasteiger partial charge in [-0.3, -0.25) is 4.79 Å². The summed E-state index contributed by atoms with van der Waals surface area (Å²) in [6.45, 7) is 2.61. The second kappa shape index (κ2) is 10.1. The van der Waals surface area contributed by atoms with Crippen LogP contribution in [-0.4, -0.2) is 49.4 Å². The van der Waals surface area contributed by atoms with Crippen molar-refractivity contribution in [2.75, 3.05) is 38.8 Å². The molecule has 0 saturated carbocycles. The first kappa shape index (κ1) is 25.3. The van der Waals surface area contributed by atoms with Crippen molar-refractivity contribution in [3.05, 3.63) is 57.4 Å². The minimum absolute atomic E-state index is 0.0237. The number of halogens is 3. The van der Waals surface area contributed by atoms with E-state index < -0.39 is 34.1 Å². The Bertz CT molecular complexity index is 1350. The van der Waals surface area contributed by atoms with Crippen LogP contribution >= 0.6 is 0 Å². The lowest BCUT2D eigenvalue weighted by Gasteiger charge is -2.22. The minimum Gasteiger partial charge on any atom is -0.497 e. The highest BCUT2D eigenvalue weighted by Gasteiger charge is 2.37. The monoisotopic (exact) mass is 505 g/mol. The Hall–Kier alpha value is -3.76. The third-order valence-corrected chi connectivity index (χ3v) is 6.08. The number of ether oxygens (including phenoxy) is 3. The summed E-state index contributed by atoms with van der Waals surface area (Å²) in [5, 5.41) is -0.677. The van der Waals surface area contributed by atoms with Gasteiger partial charge < -0.3 is 23.7 Å². The van der Waals surface area contributed by atoms with Crippen LogP contribution in [-0.2, 0) is 17.5 Å². The quantitative estimate of drug-likeness (QED) is 0.444. The topological polar surface area (TPSA) is 82.9 Å². The number of nitrogens with zero attached hydrogens (tertiary/aromatic N) is 3. The van der Waals surface area contributed by atoms with Gasteiger partial charge in [0.1, 0.15) is 28.5 Å². The Morgan fingerprint density at radius 2 is 1.83 bits per heavy atom. The van der Waals surface area contributed by atoms with Crippen LogP contribution in [0.5, 0.6) is 11.5 Å². The van der Waals surface area contributed by atoms with Crippen LogP contribution < -0.4 is 19.8 Å². The van der Waals surface area contributed by atoms with Crippen LogP contribution in [0.4, 0.5) is 19.0 Å². The molecule has 1 fully saturated rings. The molecule has 4 rings (SSSR count). The Morgan fingerprint density at radius 1 is 1.11 bits per heavy atom. The summed E-state index contributed by atoms with van der Waals surface area (Å²) in [5.74, 6) is 0.0784. The lowest BCUT2D eigenvalue weighted by Crippen LogP contribution is -2.26. The van der Waals surface area contributed by atoms with Crippen molar-refractivity contribution in [2.24, 2.45) is 0 Å². The number of esters is 1. The van der Waals surface area contributed by atoms with Crippen LogP contribution in [0.2, 0.25) is 0 Å². The van der Waals surface area contributed by atoms with Crippen LogP contribution in [0, 0.1) is 0 Å². The fraction of sp³-hybridized carbons (Fsp3) is 0.400. The summed E-state index contributed by atoms with van der Waals surface area (Å²) in [6.07, 6.45) is -1.98. The van der Waals surface area contributed by atoms with Crippen molar-refractivity contribution in [1.82, 2.24) is 9.55 Å². The number of hydrogen-bond donors (Lipinski definition) is 0. The fourth-order valence-electron chi connectivity index (χ4n) is 4.33. The lowest BCUT2D eigenvalue weighted by atomic mass is 10.1. The van der Waals surface area contributed by atoms with Gasteiger partial charge in [0, 0.05) is 30.9 Å². The predicted molar refractivity (Wildman–Crippen MR) is 127 cm³/mol. The highest BCUT2D eigenvalue weighted by Crippen LogP contribution is 2.36. The standard InChI is InChI=1S/C25H26F3N3O5/c1-4-36-24(33)17-14-31(13-15-7-8-16(34-2)11-19(15)35-3)23-21(22(17)32)18(25(26,27)28)12-20(29-23)30-9-5-6-10-30/h7-8,11-12,14H,4-6,9-10,13H2,1-3H3. The molecule has 1 aliphatic heterocycles. The van der Waals surface area contributed by atoms with Gasteiger partial charge >= 0.3 is 12.1 Å². The second-order valence-corrected chi connectivity index (χ2v) is 8.32. The van der Waals surface area contributed by atoms with Gasteiger partial charge in [-0.15, -0.1) is 0 Å². The number of fused-ring (bicyclic) bond motifs is 1. The van der Waals surface area contributed by atoms with Crippen LogP contribution in [0.25, 0.3) is 11.0 Å². The Labute approximate surface area is 205 Å². The minimum atomic E-state index is -4.85. The fourth-order valence-corrected chi connectivity index (χ4v) is 4.33. The average molecular weight is 505 g/mol. The molecule has 0 amide bonds. The van der Waals surface area contributed by atoms with Gasteiger partial charge in [0.15, 0.2) is 0 Å². The Kier molecular flexibility index (Phi) is 7.09. The second-order valence-electron chi connectivity index (χ2n) is 8.32. The van der Waals surface area contributed by atoms with Gasteiger partial charge in [-0.1, -0.05) is 0 Å². The van der Waals surface area contributed by atoms with Crippen molar-refractivity contribution >= 4 is 22.8 Å². The van der Waals surface area contributed by atoms with Crippen molar-refractivity contribution in [2.45, 2.75) is 32.5 Å². The van der Waals surface area contributed by atoms with E-state index in [1.807, 2.05) is 0 Å². The Balaban J connectivity index is 2.02. The zero-order valence-corrected chi connectivity index (χ0v) is 20.1. The van der Waals surface area contributed by atoms with Crippen LogP contribution in [0.3, 0.4) is 0 Å². The molecule has 0 N–H and O–H groups in total. The first-order valence-electron chi connectivity index (χ1n) is 11.5. The van der Waals surface area contributed by atoms with Gasteiger partial charge in [-0.25, -0.2) is 9.78 Å². The number of aromatic nitrogens is 2. The number of carbonyl (C=O) groups excluding carboxylic acids is 1. The zero-order valence-electron chi connectivity index (χ0n) is 20.1. The van der Waals surface area contributed by atoms with Gasteiger partial charge in [0.05, 0.1) is 38.3 Å². The van der Waals surface area contributed by atoms with E-state index in [2.05, 4.69) is 4.98 Å². The molecule has 8 nitrogen and oxygen atoms in total. The van der Waals surface area contributed by atoms with E-state index in [1.165, 1.54) is 25.0 Å². The van der Waals surface area contributed by atoms with Gasteiger partial charge in [-0.05, 0) is 38.0 Å². The molecule has 1 aromatic carbocycles. The van der Waals surface area contributed by atoms with E-state index >= 15 is 0 Å². The van der Waals surface area contributed by atoms with Crippen molar-refractivity contribution in [3.8, 4) is 11.5 Å². The molecule has 3 heterocycles. The molecule has 0 atom stereocenters. The number of hydrogen-bond acceptors (Lipinski definition) is 7. The highest BCUT2D eigenvalue weighted by atomic mass is 19.4. The first-order valence-corrected chi connectivity index (χ1v) is 11.5. The lowest BCUT2D eigenvalue weighted by molar-refractivity contribution is -0.136. The molecule has 2 aromatic heterocycles. The van der Waals surface area contributed by atoms with Gasteiger partial charge in [-0.2, -0.15) is 13.2 Å². The maximum absolute atomic E-state index is 14.3. The molecule has 0 bridgehead atoms. The SMILES string of the molecule is CCOC(=O)c1cn(Cc2ccc(OC)cc2OC)c2nc(N3CCCC3)cc(C(F)(F)F)c2c1=O. The number of pyridine rings is 2. The molecular weight excluding hydrogens is 479 g/mol. The van der Waals surface area contributed by atoms with E-state index in [0.29, 0.717) is 30.2 Å². The summed E-state index contributed by atoms with van der Waals surface area (Å²) in [5.41, 5.74) is -2.31. The molecule has 3 aromatic rings. The maximum atomic E-state index is 14.3. The number of alkyl halides is 3. The molecular formula is C25H26F3N3O5. The zero-order chi connectivity index (χ0) is 26.0. The summed E-state index contributed by atoms with van der Waals surface area (Å²) in [6, 6.07) is 5.90. The number of benzene rings is 1. The largest absolute Gasteiger partial charge is 0.497 e. The molecule has 1 aliphatic rings. The molecule has 0 spiro atoms. The van der Waals surface area contributed by atoms with E-state index in [9.17, 15) is 22.8 Å². The van der Waals surface area contributed by atoms with Gasteiger partial charge in [0.25, 0.3) is 0 Å². The average Bonchev–Trinajstić information content (AvgIpc) is 3.40. The molecule has 36 heavy (non-hydrogen) atoms. The van der Waals surface area contributed by atoms with E-state index in [4.69, 9.17) is 14.2 Å². The molecule has 192 valence electrons. The van der Waals surface area contributed by atoms with Crippen molar-refractivity contribution in [3.63, 3.8) is 0 Å². The number of anilines is 1. The first-order chi connectivity index (χ1) is 17.2. The summed E-state index contributed by atoms with van der Waals surface area (Å²) in [4.78, 5) is 32.1. The van der Waals surface area contributed by atoms with E-state index in [-0.39, 0.29) is 24.6 Å². The van der Waals surface area contributed by atoms with E-state index in [1.54, 1.807) is 30.0 Å². The Morgan fingerprint density at radius 3 is 2.44 bits per heavy atom. The van der Waals surface area contributed by atoms with Gasteiger partial charge in [0.2, 0.25) is 5.43 Å². The van der Waals surface area contributed by atoms with Crippen LogP contribution in [0.1, 0.15) is 41.3 Å². The summed E-state index contributed by atoms with van der Waals surface area (Å²) < 4.78 is 59.8. The molecule has 1 saturated heterocycles. The third-order valence-electron chi connectivity index (χ3n) is 6.08. The van der Waals surface area contributed by atoms with Crippen molar-refractivity contribution < 1.29 is 32.2 Å². The smallest absolute Gasteiger partial charge is 0.417 e. The molecule has 0 radical (unpaired) electrons. The molecule has 11 heteroatoms. The normalized spacial score (nSPS) is 13.8. The number of carbonyl (C=O) groups is 1. The number of methoxy groups -OCH3 is 2. The summed E-state index contributed by atoms with van der Waals surface area (Å²) >= 11 is 0. The predicted octanol–water partition coefficient (Wildman–Crippen LogP) is 4.26. The van der Waals surface area contributed by atoms with Crippen molar-refractivity contribution in [1.29, 1.82) is 0 Å². The summed E-state index contributed by atoms with van der Waals surface area (Å²) in [7, 11) is 2.95. The number of rotatable bonds is 7. The highest BCUT2D eigenvalue weighted by molar-refractivity contribution is 5.94.